The van der Waals surface area contributed by atoms with Gasteiger partial charge in [0, 0.05) is 5.75 Å². The van der Waals surface area contributed by atoms with Crippen molar-refractivity contribution in [3.8, 4) is 11.8 Å². The molecule has 2 amide bonds. The highest BCUT2D eigenvalue weighted by atomic mass is 32.2. The second-order valence-corrected chi connectivity index (χ2v) is 4.63. The van der Waals surface area contributed by atoms with Gasteiger partial charge >= 0.3 is 12.0 Å². The van der Waals surface area contributed by atoms with Gasteiger partial charge in [0.15, 0.2) is 0 Å². The van der Waals surface area contributed by atoms with Gasteiger partial charge in [-0.25, -0.2) is 9.59 Å². The Labute approximate surface area is 98.6 Å². The minimum absolute atomic E-state index is 0.115. The Hall–Kier alpha value is -1.35. The number of hydrogen-bond donors (Lipinski definition) is 2. The first-order chi connectivity index (χ1) is 7.57. The van der Waals surface area contributed by atoms with Gasteiger partial charge in [0.1, 0.15) is 6.04 Å². The molecule has 0 aliphatic carbocycles. The average Bonchev–Trinajstić information content (AvgIpc) is 2.60. The molecule has 1 aliphatic rings. The van der Waals surface area contributed by atoms with Crippen LogP contribution in [0.15, 0.2) is 0 Å². The lowest BCUT2D eigenvalue weighted by Gasteiger charge is -2.24. The fraction of sp³-hybridized carbons (Fsp3) is 0.600. The molecule has 0 spiro atoms. The summed E-state index contributed by atoms with van der Waals surface area (Å²) in [5.74, 6) is 4.82. The van der Waals surface area contributed by atoms with Gasteiger partial charge in [-0.05, 0) is 13.8 Å². The smallest absolute Gasteiger partial charge is 0.327 e. The molecule has 2 atom stereocenters. The molecule has 0 aromatic rings. The molecule has 0 saturated carbocycles. The van der Waals surface area contributed by atoms with Gasteiger partial charge in [0.25, 0.3) is 0 Å². The minimum Gasteiger partial charge on any atom is -0.480 e. The van der Waals surface area contributed by atoms with E-state index in [0.717, 1.165) is 0 Å². The molecule has 1 heterocycles. The third kappa shape index (κ3) is 2.83. The largest absolute Gasteiger partial charge is 0.480 e. The Balaban J connectivity index is 2.63. The summed E-state index contributed by atoms with van der Waals surface area (Å²) < 4.78 is 0. The number of rotatable bonds is 2. The number of carbonyl (C=O) groups excluding carboxylic acids is 1. The molecule has 2 N–H and O–H groups in total. The summed E-state index contributed by atoms with van der Waals surface area (Å²) in [5.41, 5.74) is 0. The van der Waals surface area contributed by atoms with Gasteiger partial charge in [-0.3, -0.25) is 4.90 Å². The lowest BCUT2D eigenvalue weighted by molar-refractivity contribution is -0.141. The van der Waals surface area contributed by atoms with E-state index in [1.165, 1.54) is 16.7 Å². The zero-order chi connectivity index (χ0) is 12.1. The van der Waals surface area contributed by atoms with E-state index in [-0.39, 0.29) is 17.9 Å². The molecule has 16 heavy (non-hydrogen) atoms. The minimum atomic E-state index is -0.964. The fourth-order valence-corrected chi connectivity index (χ4v) is 2.61. The SMILES string of the molecule is CC#CCNC(=O)N1C(C)SCC1C(=O)O. The third-order valence-corrected chi connectivity index (χ3v) is 3.46. The number of urea groups is 1. The first-order valence-corrected chi connectivity index (χ1v) is 5.93. The number of aliphatic carboxylic acids is 1. The molecule has 1 saturated heterocycles. The molecule has 1 fully saturated rings. The standard InChI is InChI=1S/C10H14N2O3S/c1-3-4-5-11-10(15)12-7(2)16-6-8(12)9(13)14/h7-8H,5-6H2,1-2H3,(H,11,15)(H,13,14). The number of nitrogens with one attached hydrogen (secondary N) is 1. The van der Waals surface area contributed by atoms with Gasteiger partial charge in [-0.1, -0.05) is 5.92 Å². The molecular weight excluding hydrogens is 228 g/mol. The van der Waals surface area contributed by atoms with Crippen molar-refractivity contribution >= 4 is 23.8 Å². The van der Waals surface area contributed by atoms with Crippen LogP contribution in [-0.2, 0) is 4.79 Å². The van der Waals surface area contributed by atoms with E-state index in [0.29, 0.717) is 5.75 Å². The number of hydrogen-bond acceptors (Lipinski definition) is 3. The second-order valence-electron chi connectivity index (χ2n) is 3.28. The maximum Gasteiger partial charge on any atom is 0.327 e. The Morgan fingerprint density at radius 3 is 2.88 bits per heavy atom. The number of carbonyl (C=O) groups is 2. The summed E-state index contributed by atoms with van der Waals surface area (Å²) in [4.78, 5) is 24.0. The predicted molar refractivity (Wildman–Crippen MR) is 62.0 cm³/mol. The van der Waals surface area contributed by atoms with Crippen molar-refractivity contribution < 1.29 is 14.7 Å². The van der Waals surface area contributed by atoms with Crippen LogP contribution in [0, 0.1) is 11.8 Å². The normalized spacial score (nSPS) is 23.5. The number of carboxylic acid groups (broad SMARTS) is 1. The number of carboxylic acids is 1. The highest BCUT2D eigenvalue weighted by Crippen LogP contribution is 2.28. The first kappa shape index (κ1) is 12.7. The molecule has 0 radical (unpaired) electrons. The van der Waals surface area contributed by atoms with Crippen molar-refractivity contribution in [1.82, 2.24) is 10.2 Å². The van der Waals surface area contributed by atoms with Crippen molar-refractivity contribution in [2.75, 3.05) is 12.3 Å². The molecule has 5 nitrogen and oxygen atoms in total. The van der Waals surface area contributed by atoms with Crippen molar-refractivity contribution in [3.63, 3.8) is 0 Å². The van der Waals surface area contributed by atoms with E-state index < -0.39 is 12.0 Å². The van der Waals surface area contributed by atoms with E-state index >= 15 is 0 Å². The maximum absolute atomic E-state index is 11.7. The van der Waals surface area contributed by atoms with Crippen LogP contribution in [0.3, 0.4) is 0 Å². The van der Waals surface area contributed by atoms with Crippen LogP contribution in [0.4, 0.5) is 4.79 Å². The lowest BCUT2D eigenvalue weighted by Crippen LogP contribution is -2.49. The number of amides is 2. The van der Waals surface area contributed by atoms with Crippen LogP contribution in [0.2, 0.25) is 0 Å². The number of thioether (sulfide) groups is 1. The molecule has 0 bridgehead atoms. The van der Waals surface area contributed by atoms with Gasteiger partial charge < -0.3 is 10.4 Å². The third-order valence-electron chi connectivity index (χ3n) is 2.25. The highest BCUT2D eigenvalue weighted by molar-refractivity contribution is 8.00. The highest BCUT2D eigenvalue weighted by Gasteiger charge is 2.39. The Morgan fingerprint density at radius 2 is 2.31 bits per heavy atom. The predicted octanol–water partition coefficient (Wildman–Crippen LogP) is 0.567. The number of nitrogens with zero attached hydrogens (tertiary/aromatic N) is 1. The van der Waals surface area contributed by atoms with Gasteiger partial charge in [0.2, 0.25) is 0 Å². The van der Waals surface area contributed by atoms with Crippen molar-refractivity contribution in [2.45, 2.75) is 25.3 Å². The monoisotopic (exact) mass is 242 g/mol. The van der Waals surface area contributed by atoms with Crippen molar-refractivity contribution in [2.24, 2.45) is 0 Å². The Morgan fingerprint density at radius 1 is 1.62 bits per heavy atom. The van der Waals surface area contributed by atoms with Crippen molar-refractivity contribution in [3.05, 3.63) is 0 Å². The Bertz CT molecular complexity index is 348. The lowest BCUT2D eigenvalue weighted by atomic mass is 10.3. The zero-order valence-electron chi connectivity index (χ0n) is 9.19. The molecule has 2 unspecified atom stereocenters. The fourth-order valence-electron chi connectivity index (χ4n) is 1.44. The van der Waals surface area contributed by atoms with E-state index in [4.69, 9.17) is 5.11 Å². The maximum atomic E-state index is 11.7. The van der Waals surface area contributed by atoms with Crippen LogP contribution in [0.25, 0.3) is 0 Å². The van der Waals surface area contributed by atoms with Gasteiger partial charge in [-0.15, -0.1) is 17.7 Å². The molecule has 6 heteroatoms. The summed E-state index contributed by atoms with van der Waals surface area (Å²) in [6.45, 7) is 3.74. The molecule has 0 aromatic carbocycles. The Kier molecular flexibility index (Phi) is 4.50. The van der Waals surface area contributed by atoms with Gasteiger partial charge in [-0.2, -0.15) is 0 Å². The molecule has 1 aliphatic heterocycles. The van der Waals surface area contributed by atoms with E-state index in [9.17, 15) is 9.59 Å². The molecule has 88 valence electrons. The van der Waals surface area contributed by atoms with Crippen LogP contribution < -0.4 is 5.32 Å². The van der Waals surface area contributed by atoms with Crippen LogP contribution in [-0.4, -0.2) is 45.7 Å². The summed E-state index contributed by atoms with van der Waals surface area (Å²) in [6, 6.07) is -1.11. The van der Waals surface area contributed by atoms with Crippen LogP contribution >= 0.6 is 11.8 Å². The molecular formula is C10H14N2O3S. The summed E-state index contributed by atoms with van der Waals surface area (Å²) >= 11 is 1.46. The topological polar surface area (TPSA) is 69.6 Å². The molecule has 0 aromatic heterocycles. The van der Waals surface area contributed by atoms with E-state index in [1.54, 1.807) is 6.92 Å². The average molecular weight is 242 g/mol. The second kappa shape index (κ2) is 5.66. The quantitative estimate of drug-likeness (QED) is 0.694. The van der Waals surface area contributed by atoms with Crippen molar-refractivity contribution in [1.29, 1.82) is 0 Å². The first-order valence-electron chi connectivity index (χ1n) is 4.88. The summed E-state index contributed by atoms with van der Waals surface area (Å²) in [7, 11) is 0. The van der Waals surface area contributed by atoms with E-state index in [1.807, 2.05) is 6.92 Å². The summed E-state index contributed by atoms with van der Waals surface area (Å²) in [5, 5.41) is 11.4. The van der Waals surface area contributed by atoms with E-state index in [2.05, 4.69) is 17.2 Å². The van der Waals surface area contributed by atoms with Gasteiger partial charge in [0.05, 0.1) is 11.9 Å². The zero-order valence-corrected chi connectivity index (χ0v) is 10.0. The van der Waals surface area contributed by atoms with Crippen LogP contribution in [0.1, 0.15) is 13.8 Å². The molecule has 1 rings (SSSR count). The van der Waals surface area contributed by atoms with Crippen LogP contribution in [0.5, 0.6) is 0 Å². The summed E-state index contributed by atoms with van der Waals surface area (Å²) in [6.07, 6.45) is 0.